The SMILES string of the molecule is Cc1nccn1CC1CC1. The highest BCUT2D eigenvalue weighted by Gasteiger charge is 2.21. The van der Waals surface area contributed by atoms with E-state index >= 15 is 0 Å². The van der Waals surface area contributed by atoms with Gasteiger partial charge in [0.2, 0.25) is 0 Å². The van der Waals surface area contributed by atoms with Crippen molar-refractivity contribution in [1.29, 1.82) is 0 Å². The zero-order valence-electron chi connectivity index (χ0n) is 6.25. The van der Waals surface area contributed by atoms with E-state index in [4.69, 9.17) is 0 Å². The second kappa shape index (κ2) is 2.11. The molecule has 1 aromatic heterocycles. The molecule has 0 atom stereocenters. The van der Waals surface area contributed by atoms with Gasteiger partial charge in [0.05, 0.1) is 0 Å². The molecule has 1 saturated carbocycles. The maximum Gasteiger partial charge on any atom is 0.105 e. The molecule has 0 aliphatic heterocycles. The van der Waals surface area contributed by atoms with Gasteiger partial charge in [-0.1, -0.05) is 0 Å². The predicted molar refractivity (Wildman–Crippen MR) is 39.7 cm³/mol. The summed E-state index contributed by atoms with van der Waals surface area (Å²) >= 11 is 0. The van der Waals surface area contributed by atoms with E-state index in [1.165, 1.54) is 19.4 Å². The molecule has 0 radical (unpaired) electrons. The fourth-order valence-electron chi connectivity index (χ4n) is 1.18. The van der Waals surface area contributed by atoms with Gasteiger partial charge in [-0.3, -0.25) is 0 Å². The lowest BCUT2D eigenvalue weighted by atomic mass is 10.4. The fourth-order valence-corrected chi connectivity index (χ4v) is 1.18. The molecule has 1 aliphatic rings. The normalized spacial score (nSPS) is 17.7. The van der Waals surface area contributed by atoms with Crippen molar-refractivity contribution in [3.63, 3.8) is 0 Å². The van der Waals surface area contributed by atoms with Crippen molar-refractivity contribution >= 4 is 0 Å². The molecule has 0 saturated heterocycles. The number of aryl methyl sites for hydroxylation is 1. The Labute approximate surface area is 60.9 Å². The third-order valence-electron chi connectivity index (χ3n) is 2.08. The molecule has 2 nitrogen and oxygen atoms in total. The van der Waals surface area contributed by atoms with Crippen molar-refractivity contribution in [1.82, 2.24) is 9.55 Å². The van der Waals surface area contributed by atoms with E-state index in [9.17, 15) is 0 Å². The molecule has 0 amide bonds. The molecule has 2 heteroatoms. The van der Waals surface area contributed by atoms with Crippen LogP contribution in [0, 0.1) is 12.8 Å². The number of imidazole rings is 1. The summed E-state index contributed by atoms with van der Waals surface area (Å²) in [5.41, 5.74) is 0. The lowest BCUT2D eigenvalue weighted by Gasteiger charge is -2.00. The Bertz CT molecular complexity index is 223. The second-order valence-electron chi connectivity index (χ2n) is 3.07. The van der Waals surface area contributed by atoms with E-state index in [0.29, 0.717) is 0 Å². The van der Waals surface area contributed by atoms with Crippen molar-refractivity contribution < 1.29 is 0 Å². The third kappa shape index (κ3) is 1.06. The first-order valence-corrected chi connectivity index (χ1v) is 3.84. The monoisotopic (exact) mass is 136 g/mol. The van der Waals surface area contributed by atoms with E-state index in [1.807, 2.05) is 6.20 Å². The van der Waals surface area contributed by atoms with Crippen molar-refractivity contribution in [2.24, 2.45) is 5.92 Å². The summed E-state index contributed by atoms with van der Waals surface area (Å²) in [5, 5.41) is 0. The Balaban J connectivity index is 2.08. The first-order chi connectivity index (χ1) is 4.86. The van der Waals surface area contributed by atoms with E-state index in [0.717, 1.165) is 11.7 Å². The summed E-state index contributed by atoms with van der Waals surface area (Å²) in [6.07, 6.45) is 6.76. The van der Waals surface area contributed by atoms with Gasteiger partial charge in [0, 0.05) is 18.9 Å². The van der Waals surface area contributed by atoms with Gasteiger partial charge >= 0.3 is 0 Å². The lowest BCUT2D eigenvalue weighted by Crippen LogP contribution is -1.99. The Morgan fingerprint density at radius 3 is 3.00 bits per heavy atom. The Hall–Kier alpha value is -0.790. The van der Waals surface area contributed by atoms with E-state index in [-0.39, 0.29) is 0 Å². The Morgan fingerprint density at radius 1 is 1.70 bits per heavy atom. The molecule has 0 N–H and O–H groups in total. The predicted octanol–water partition coefficient (Wildman–Crippen LogP) is 1.60. The van der Waals surface area contributed by atoms with Gasteiger partial charge in [0.25, 0.3) is 0 Å². The van der Waals surface area contributed by atoms with E-state index in [2.05, 4.69) is 22.7 Å². The van der Waals surface area contributed by atoms with E-state index < -0.39 is 0 Å². The number of hydrogen-bond acceptors (Lipinski definition) is 1. The van der Waals surface area contributed by atoms with Crippen LogP contribution in [0.1, 0.15) is 18.7 Å². The average molecular weight is 136 g/mol. The van der Waals surface area contributed by atoms with Crippen LogP contribution in [0.2, 0.25) is 0 Å². The molecule has 54 valence electrons. The molecule has 10 heavy (non-hydrogen) atoms. The Kier molecular flexibility index (Phi) is 1.26. The highest BCUT2D eigenvalue weighted by atomic mass is 15.1. The summed E-state index contributed by atoms with van der Waals surface area (Å²) in [5.74, 6) is 2.10. The minimum absolute atomic E-state index is 0.952. The zero-order chi connectivity index (χ0) is 6.97. The highest BCUT2D eigenvalue weighted by molar-refractivity contribution is 4.90. The first kappa shape index (κ1) is 5.96. The van der Waals surface area contributed by atoms with Crippen molar-refractivity contribution in [2.45, 2.75) is 26.3 Å². The number of nitrogens with zero attached hydrogens (tertiary/aromatic N) is 2. The number of rotatable bonds is 2. The quantitative estimate of drug-likeness (QED) is 0.604. The van der Waals surface area contributed by atoms with E-state index in [1.54, 1.807) is 0 Å². The van der Waals surface area contributed by atoms with Crippen LogP contribution >= 0.6 is 0 Å². The van der Waals surface area contributed by atoms with Crippen LogP contribution in [0.3, 0.4) is 0 Å². The van der Waals surface area contributed by atoms with Crippen LogP contribution in [0.4, 0.5) is 0 Å². The summed E-state index contributed by atoms with van der Waals surface area (Å²) < 4.78 is 2.23. The topological polar surface area (TPSA) is 17.8 Å². The fraction of sp³-hybridized carbons (Fsp3) is 0.625. The molecule has 0 unspecified atom stereocenters. The molecule has 1 aliphatic carbocycles. The molecule has 0 spiro atoms. The summed E-state index contributed by atoms with van der Waals surface area (Å²) in [7, 11) is 0. The van der Waals surface area contributed by atoms with Crippen LogP contribution in [-0.2, 0) is 6.54 Å². The summed E-state index contributed by atoms with van der Waals surface area (Å²) in [6, 6.07) is 0. The maximum atomic E-state index is 4.16. The van der Waals surface area contributed by atoms with Gasteiger partial charge < -0.3 is 4.57 Å². The van der Waals surface area contributed by atoms with Gasteiger partial charge in [0.15, 0.2) is 0 Å². The highest BCUT2D eigenvalue weighted by Crippen LogP contribution is 2.30. The lowest BCUT2D eigenvalue weighted by molar-refractivity contribution is 0.610. The molecule has 0 aromatic carbocycles. The number of aromatic nitrogens is 2. The molecule has 1 heterocycles. The standard InChI is InChI=1S/C8H12N2/c1-7-9-4-5-10(7)6-8-2-3-8/h4-5,8H,2-3,6H2,1H3. The molecular weight excluding hydrogens is 124 g/mol. The summed E-state index contributed by atoms with van der Waals surface area (Å²) in [6.45, 7) is 3.24. The third-order valence-corrected chi connectivity index (χ3v) is 2.08. The van der Waals surface area contributed by atoms with Gasteiger partial charge in [-0.05, 0) is 25.7 Å². The van der Waals surface area contributed by atoms with Crippen molar-refractivity contribution in [3.8, 4) is 0 Å². The molecule has 1 fully saturated rings. The van der Waals surface area contributed by atoms with Gasteiger partial charge in [-0.2, -0.15) is 0 Å². The van der Waals surface area contributed by atoms with Crippen LogP contribution in [0.5, 0.6) is 0 Å². The van der Waals surface area contributed by atoms with Gasteiger partial charge in [-0.25, -0.2) is 4.98 Å². The van der Waals surface area contributed by atoms with Crippen molar-refractivity contribution in [2.75, 3.05) is 0 Å². The second-order valence-corrected chi connectivity index (χ2v) is 3.07. The van der Waals surface area contributed by atoms with Crippen LogP contribution < -0.4 is 0 Å². The molecular formula is C8H12N2. The minimum Gasteiger partial charge on any atom is -0.335 e. The Morgan fingerprint density at radius 2 is 2.50 bits per heavy atom. The average Bonchev–Trinajstić information content (AvgIpc) is 2.62. The largest absolute Gasteiger partial charge is 0.335 e. The number of hydrogen-bond donors (Lipinski definition) is 0. The van der Waals surface area contributed by atoms with Crippen LogP contribution in [0.25, 0.3) is 0 Å². The van der Waals surface area contributed by atoms with Crippen LogP contribution in [-0.4, -0.2) is 9.55 Å². The first-order valence-electron chi connectivity index (χ1n) is 3.84. The van der Waals surface area contributed by atoms with Gasteiger partial charge in [0.1, 0.15) is 5.82 Å². The molecule has 2 rings (SSSR count). The molecule has 1 aromatic rings. The maximum absolute atomic E-state index is 4.16. The van der Waals surface area contributed by atoms with Crippen LogP contribution in [0.15, 0.2) is 12.4 Å². The minimum atomic E-state index is 0.952. The molecule has 0 bridgehead atoms. The van der Waals surface area contributed by atoms with Crippen molar-refractivity contribution in [3.05, 3.63) is 18.2 Å². The zero-order valence-corrected chi connectivity index (χ0v) is 6.25. The summed E-state index contributed by atoms with van der Waals surface area (Å²) in [4.78, 5) is 4.16. The van der Waals surface area contributed by atoms with Gasteiger partial charge in [-0.15, -0.1) is 0 Å². The smallest absolute Gasteiger partial charge is 0.105 e.